The molecule has 2 aromatic rings. The molecule has 112 valence electrons. The van der Waals surface area contributed by atoms with Crippen LogP contribution in [0, 0.1) is 0 Å². The average molecular weight is 316 g/mol. The zero-order valence-corrected chi connectivity index (χ0v) is 11.5. The lowest BCUT2D eigenvalue weighted by Gasteiger charge is -2.08. The first kappa shape index (κ1) is 15.4. The van der Waals surface area contributed by atoms with Gasteiger partial charge in [-0.25, -0.2) is 0 Å². The van der Waals surface area contributed by atoms with Crippen LogP contribution in [0.3, 0.4) is 0 Å². The quantitative estimate of drug-likeness (QED) is 0.893. The van der Waals surface area contributed by atoms with Crippen molar-refractivity contribution in [3.63, 3.8) is 0 Å². The Hall–Kier alpha value is -2.02. The Morgan fingerprint density at radius 2 is 1.81 bits per heavy atom. The highest BCUT2D eigenvalue weighted by molar-refractivity contribution is 7.15. The Labute approximate surface area is 122 Å². The molecule has 2 rings (SSSR count). The van der Waals surface area contributed by atoms with Gasteiger partial charge in [0.1, 0.15) is 5.75 Å². The molecular formula is C14H11F3O3S. The lowest BCUT2D eigenvalue weighted by Crippen LogP contribution is -2.16. The molecule has 7 heteroatoms. The summed E-state index contributed by atoms with van der Waals surface area (Å²) < 4.78 is 40.0. The Morgan fingerprint density at radius 1 is 1.14 bits per heavy atom. The predicted molar refractivity (Wildman–Crippen MR) is 72.4 cm³/mol. The van der Waals surface area contributed by atoms with E-state index >= 15 is 0 Å². The van der Waals surface area contributed by atoms with E-state index < -0.39 is 12.3 Å². The Morgan fingerprint density at radius 3 is 2.38 bits per heavy atom. The van der Waals surface area contributed by atoms with Gasteiger partial charge in [0.15, 0.2) is 0 Å². The van der Waals surface area contributed by atoms with Crippen molar-refractivity contribution in [2.45, 2.75) is 19.2 Å². The van der Waals surface area contributed by atoms with Crippen LogP contribution in [-0.4, -0.2) is 17.4 Å². The van der Waals surface area contributed by atoms with E-state index in [0.29, 0.717) is 6.42 Å². The topological polar surface area (TPSA) is 46.5 Å². The molecule has 1 aromatic heterocycles. The van der Waals surface area contributed by atoms with Gasteiger partial charge in [-0.05, 0) is 48.4 Å². The van der Waals surface area contributed by atoms with Crippen molar-refractivity contribution in [2.75, 3.05) is 0 Å². The minimum absolute atomic E-state index is 0.0539. The molecule has 0 saturated heterocycles. The lowest BCUT2D eigenvalue weighted by atomic mass is 10.2. The van der Waals surface area contributed by atoms with Crippen LogP contribution in [0.1, 0.15) is 11.3 Å². The molecule has 21 heavy (non-hydrogen) atoms. The smallest absolute Gasteiger partial charge is 0.481 e. The number of ether oxygens (including phenoxy) is 1. The second kappa shape index (κ2) is 6.17. The molecule has 3 nitrogen and oxygen atoms in total. The third kappa shape index (κ3) is 4.78. The van der Waals surface area contributed by atoms with E-state index in [1.54, 1.807) is 0 Å². The van der Waals surface area contributed by atoms with Crippen LogP contribution >= 0.6 is 11.3 Å². The van der Waals surface area contributed by atoms with Gasteiger partial charge in [-0.1, -0.05) is 0 Å². The highest BCUT2D eigenvalue weighted by Gasteiger charge is 2.30. The van der Waals surface area contributed by atoms with E-state index in [2.05, 4.69) is 4.74 Å². The summed E-state index contributed by atoms with van der Waals surface area (Å²) in [7, 11) is 0. The van der Waals surface area contributed by atoms with E-state index in [1.165, 1.54) is 35.6 Å². The van der Waals surface area contributed by atoms with Crippen molar-refractivity contribution in [2.24, 2.45) is 0 Å². The molecule has 1 N–H and O–H groups in total. The monoisotopic (exact) mass is 316 g/mol. The van der Waals surface area contributed by atoms with Crippen LogP contribution in [0.2, 0.25) is 0 Å². The second-order valence-electron chi connectivity index (χ2n) is 4.23. The molecule has 1 aromatic carbocycles. The van der Waals surface area contributed by atoms with Crippen molar-refractivity contribution in [1.82, 2.24) is 0 Å². The van der Waals surface area contributed by atoms with Crippen LogP contribution in [-0.2, 0) is 11.2 Å². The molecular weight excluding hydrogens is 305 g/mol. The van der Waals surface area contributed by atoms with Gasteiger partial charge < -0.3 is 9.84 Å². The van der Waals surface area contributed by atoms with Crippen LogP contribution in [0.4, 0.5) is 13.2 Å². The maximum Gasteiger partial charge on any atom is 0.573 e. The predicted octanol–water partition coefficient (Wildman–Crippen LogP) is 4.33. The number of alkyl halides is 3. The Balaban J connectivity index is 2.07. The van der Waals surface area contributed by atoms with Gasteiger partial charge in [0.05, 0.1) is 6.42 Å². The standard InChI is InChI=1S/C14H11F3O3S/c15-14(16,17)20-10-3-1-9(2-4-10)12-7-5-11(21-12)6-8-13(18)19/h1-5,7H,6,8H2,(H,18,19). The second-order valence-corrected chi connectivity index (χ2v) is 5.40. The minimum atomic E-state index is -4.70. The van der Waals surface area contributed by atoms with Gasteiger partial charge in [-0.15, -0.1) is 24.5 Å². The van der Waals surface area contributed by atoms with E-state index in [1.807, 2.05) is 12.1 Å². The number of thiophene rings is 1. The number of halogens is 3. The summed E-state index contributed by atoms with van der Waals surface area (Å²) in [5.74, 6) is -1.13. The lowest BCUT2D eigenvalue weighted by molar-refractivity contribution is -0.274. The van der Waals surface area contributed by atoms with Gasteiger partial charge in [-0.3, -0.25) is 4.79 Å². The largest absolute Gasteiger partial charge is 0.573 e. The SMILES string of the molecule is O=C(O)CCc1ccc(-c2ccc(OC(F)(F)F)cc2)s1. The molecule has 0 amide bonds. The van der Waals surface area contributed by atoms with E-state index in [4.69, 9.17) is 5.11 Å². The number of carboxylic acids is 1. The normalized spacial score (nSPS) is 11.4. The highest BCUT2D eigenvalue weighted by atomic mass is 32.1. The van der Waals surface area contributed by atoms with Crippen LogP contribution in [0.25, 0.3) is 10.4 Å². The molecule has 0 atom stereocenters. The van der Waals surface area contributed by atoms with Gasteiger partial charge in [0.2, 0.25) is 0 Å². The first-order valence-corrected chi connectivity index (χ1v) is 6.82. The summed E-state index contributed by atoms with van der Waals surface area (Å²) in [6, 6.07) is 9.21. The van der Waals surface area contributed by atoms with Gasteiger partial charge in [0.25, 0.3) is 0 Å². The van der Waals surface area contributed by atoms with Gasteiger partial charge in [-0.2, -0.15) is 0 Å². The minimum Gasteiger partial charge on any atom is -0.481 e. The molecule has 0 aliphatic heterocycles. The number of carboxylic acid groups (broad SMARTS) is 1. The van der Waals surface area contributed by atoms with Crippen molar-refractivity contribution < 1.29 is 27.8 Å². The van der Waals surface area contributed by atoms with Gasteiger partial charge in [0, 0.05) is 9.75 Å². The Kier molecular flexibility index (Phi) is 4.52. The fourth-order valence-corrected chi connectivity index (χ4v) is 2.73. The summed E-state index contributed by atoms with van der Waals surface area (Å²) >= 11 is 1.42. The van der Waals surface area contributed by atoms with Crippen molar-refractivity contribution in [1.29, 1.82) is 0 Å². The average Bonchev–Trinajstić information content (AvgIpc) is 2.84. The molecule has 0 unspecified atom stereocenters. The number of carbonyl (C=O) groups is 1. The van der Waals surface area contributed by atoms with Crippen molar-refractivity contribution >= 4 is 17.3 Å². The Bertz CT molecular complexity index is 617. The molecule has 0 aliphatic rings. The summed E-state index contributed by atoms with van der Waals surface area (Å²) in [5.41, 5.74) is 0.760. The number of hydrogen-bond acceptors (Lipinski definition) is 3. The molecule has 0 spiro atoms. The molecule has 0 fully saturated rings. The first-order chi connectivity index (χ1) is 9.83. The van der Waals surface area contributed by atoms with E-state index in [9.17, 15) is 18.0 Å². The van der Waals surface area contributed by atoms with Crippen molar-refractivity contribution in [3.8, 4) is 16.2 Å². The maximum absolute atomic E-state index is 12.1. The fourth-order valence-electron chi connectivity index (χ4n) is 1.72. The van der Waals surface area contributed by atoms with E-state index in [0.717, 1.165) is 15.3 Å². The van der Waals surface area contributed by atoms with Crippen LogP contribution in [0.5, 0.6) is 5.75 Å². The molecule has 0 bridgehead atoms. The number of rotatable bonds is 5. The van der Waals surface area contributed by atoms with Crippen LogP contribution in [0.15, 0.2) is 36.4 Å². The van der Waals surface area contributed by atoms with Gasteiger partial charge >= 0.3 is 12.3 Å². The summed E-state index contributed by atoms with van der Waals surface area (Å²) in [5, 5.41) is 8.62. The summed E-state index contributed by atoms with van der Waals surface area (Å²) in [4.78, 5) is 12.3. The molecule has 0 radical (unpaired) electrons. The summed E-state index contributed by atoms with van der Waals surface area (Å²) in [6.07, 6.45) is -4.21. The number of aliphatic carboxylic acids is 1. The third-order valence-corrected chi connectivity index (χ3v) is 3.81. The molecule has 0 aliphatic carbocycles. The van der Waals surface area contributed by atoms with E-state index in [-0.39, 0.29) is 12.2 Å². The molecule has 1 heterocycles. The third-order valence-electron chi connectivity index (χ3n) is 2.62. The van der Waals surface area contributed by atoms with Crippen LogP contribution < -0.4 is 4.74 Å². The molecule has 0 saturated carbocycles. The zero-order valence-electron chi connectivity index (χ0n) is 10.7. The number of benzene rings is 1. The van der Waals surface area contributed by atoms with Crippen molar-refractivity contribution in [3.05, 3.63) is 41.3 Å². The maximum atomic E-state index is 12.1. The highest BCUT2D eigenvalue weighted by Crippen LogP contribution is 2.31. The number of aryl methyl sites for hydroxylation is 1. The summed E-state index contributed by atoms with van der Waals surface area (Å²) in [6.45, 7) is 0. The first-order valence-electron chi connectivity index (χ1n) is 6.00. The zero-order chi connectivity index (χ0) is 15.5. The number of hydrogen-bond donors (Lipinski definition) is 1. The fraction of sp³-hybridized carbons (Fsp3) is 0.214.